The van der Waals surface area contributed by atoms with Crippen LogP contribution in [0.3, 0.4) is 0 Å². The number of nitrogens with one attached hydrogen (secondary N) is 1. The molecule has 1 aliphatic carbocycles. The molecular formula is C17H24N2O3. The van der Waals surface area contributed by atoms with Gasteiger partial charge in [-0.15, -0.1) is 0 Å². The van der Waals surface area contributed by atoms with Crippen molar-refractivity contribution < 1.29 is 14.7 Å². The zero-order valence-corrected chi connectivity index (χ0v) is 13.6. The Balaban J connectivity index is 2.04. The van der Waals surface area contributed by atoms with Gasteiger partial charge in [0, 0.05) is 30.8 Å². The van der Waals surface area contributed by atoms with Crippen LogP contribution in [0.25, 0.3) is 0 Å². The standard InChI is InChI=1S/C17H24N2O3/c1-11-8-14(11)15(20)18-13-7-5-6-12(9-13)16(21)19(4)10-17(2,3)22/h5-7,9,11,14,22H,8,10H2,1-4H3,(H,18,20). The number of likely N-dealkylation sites (N-methyl/N-ethyl adjacent to an activating group) is 1. The summed E-state index contributed by atoms with van der Waals surface area (Å²) in [7, 11) is 1.65. The highest BCUT2D eigenvalue weighted by molar-refractivity contribution is 5.98. The summed E-state index contributed by atoms with van der Waals surface area (Å²) in [5.41, 5.74) is 0.179. The van der Waals surface area contributed by atoms with E-state index in [4.69, 9.17) is 0 Å². The van der Waals surface area contributed by atoms with E-state index in [1.165, 1.54) is 4.90 Å². The Morgan fingerprint density at radius 2 is 2.05 bits per heavy atom. The van der Waals surface area contributed by atoms with E-state index < -0.39 is 5.60 Å². The van der Waals surface area contributed by atoms with Crippen LogP contribution in [0.1, 0.15) is 37.6 Å². The van der Waals surface area contributed by atoms with Crippen LogP contribution in [0.5, 0.6) is 0 Å². The van der Waals surface area contributed by atoms with Gasteiger partial charge >= 0.3 is 0 Å². The van der Waals surface area contributed by atoms with Crippen LogP contribution in [0.2, 0.25) is 0 Å². The maximum absolute atomic E-state index is 12.4. The van der Waals surface area contributed by atoms with Crippen molar-refractivity contribution in [2.24, 2.45) is 11.8 Å². The highest BCUT2D eigenvalue weighted by atomic mass is 16.3. The van der Waals surface area contributed by atoms with Gasteiger partial charge in [0.2, 0.25) is 5.91 Å². The molecule has 0 bridgehead atoms. The van der Waals surface area contributed by atoms with E-state index in [9.17, 15) is 14.7 Å². The fourth-order valence-corrected chi connectivity index (χ4v) is 2.52. The lowest BCUT2D eigenvalue weighted by atomic mass is 10.1. The second-order valence-corrected chi connectivity index (χ2v) is 6.86. The van der Waals surface area contributed by atoms with Crippen LogP contribution in [0, 0.1) is 11.8 Å². The van der Waals surface area contributed by atoms with Crippen LogP contribution in [0.15, 0.2) is 24.3 Å². The van der Waals surface area contributed by atoms with E-state index in [1.807, 2.05) is 0 Å². The third kappa shape index (κ3) is 4.31. The average Bonchev–Trinajstić information content (AvgIpc) is 3.13. The van der Waals surface area contributed by atoms with E-state index >= 15 is 0 Å². The summed E-state index contributed by atoms with van der Waals surface area (Å²) in [5, 5.41) is 12.7. The first kappa shape index (κ1) is 16.5. The van der Waals surface area contributed by atoms with Crippen LogP contribution < -0.4 is 5.32 Å². The lowest BCUT2D eigenvalue weighted by Gasteiger charge is -2.25. The number of hydrogen-bond donors (Lipinski definition) is 2. The quantitative estimate of drug-likeness (QED) is 0.875. The number of amides is 2. The molecule has 0 aromatic heterocycles. The number of anilines is 1. The molecule has 1 saturated carbocycles. The fourth-order valence-electron chi connectivity index (χ4n) is 2.52. The Hall–Kier alpha value is -1.88. The van der Waals surface area contributed by atoms with Crippen molar-refractivity contribution in [2.75, 3.05) is 18.9 Å². The maximum Gasteiger partial charge on any atom is 0.253 e. The van der Waals surface area contributed by atoms with E-state index in [-0.39, 0.29) is 24.3 Å². The molecule has 0 heterocycles. The number of carbonyl (C=O) groups is 2. The Morgan fingerprint density at radius 3 is 2.59 bits per heavy atom. The van der Waals surface area contributed by atoms with Gasteiger partial charge in [0.25, 0.3) is 5.91 Å². The SMILES string of the molecule is CC1CC1C(=O)Nc1cccc(C(=O)N(C)CC(C)(C)O)c1. The van der Waals surface area contributed by atoms with Crippen molar-refractivity contribution in [2.45, 2.75) is 32.8 Å². The molecule has 0 aliphatic heterocycles. The highest BCUT2D eigenvalue weighted by Gasteiger charge is 2.39. The molecule has 120 valence electrons. The van der Waals surface area contributed by atoms with Crippen LogP contribution >= 0.6 is 0 Å². The lowest BCUT2D eigenvalue weighted by Crippen LogP contribution is -2.39. The minimum atomic E-state index is -0.946. The maximum atomic E-state index is 12.4. The molecule has 5 nitrogen and oxygen atoms in total. The Bertz CT molecular complexity index is 578. The van der Waals surface area contributed by atoms with E-state index in [1.54, 1.807) is 45.2 Å². The summed E-state index contributed by atoms with van der Waals surface area (Å²) in [6.07, 6.45) is 0.929. The third-order valence-electron chi connectivity index (χ3n) is 3.79. The monoisotopic (exact) mass is 304 g/mol. The van der Waals surface area contributed by atoms with Crippen molar-refractivity contribution in [1.29, 1.82) is 0 Å². The minimum absolute atomic E-state index is 0.0157. The van der Waals surface area contributed by atoms with Gasteiger partial charge in [-0.2, -0.15) is 0 Å². The molecule has 2 rings (SSSR count). The summed E-state index contributed by atoms with van der Waals surface area (Å²) in [5.74, 6) is 0.375. The molecule has 0 saturated heterocycles. The van der Waals surface area contributed by atoms with Crippen molar-refractivity contribution in [1.82, 2.24) is 4.90 Å². The number of nitrogens with zero attached hydrogens (tertiary/aromatic N) is 1. The van der Waals surface area contributed by atoms with Crippen LogP contribution in [-0.2, 0) is 4.79 Å². The van der Waals surface area contributed by atoms with E-state index in [0.717, 1.165) is 6.42 Å². The molecule has 2 atom stereocenters. The molecule has 1 aromatic carbocycles. The Kier molecular flexibility index (Phi) is 4.56. The first-order valence-electron chi connectivity index (χ1n) is 7.56. The number of aliphatic hydroxyl groups is 1. The highest BCUT2D eigenvalue weighted by Crippen LogP contribution is 2.38. The van der Waals surface area contributed by atoms with Gasteiger partial charge < -0.3 is 15.3 Å². The first-order chi connectivity index (χ1) is 10.2. The van der Waals surface area contributed by atoms with Gasteiger partial charge in [-0.1, -0.05) is 13.0 Å². The van der Waals surface area contributed by atoms with Gasteiger partial charge in [0.1, 0.15) is 0 Å². The van der Waals surface area contributed by atoms with Crippen molar-refractivity contribution >= 4 is 17.5 Å². The molecule has 1 aliphatic rings. The van der Waals surface area contributed by atoms with Crippen LogP contribution in [-0.4, -0.2) is 41.0 Å². The van der Waals surface area contributed by atoms with Gasteiger partial charge in [-0.25, -0.2) is 0 Å². The number of carbonyl (C=O) groups excluding carboxylic acids is 2. The van der Waals surface area contributed by atoms with Crippen LogP contribution in [0.4, 0.5) is 5.69 Å². The Morgan fingerprint density at radius 1 is 1.41 bits per heavy atom. The molecule has 5 heteroatoms. The van der Waals surface area contributed by atoms with Gasteiger partial charge in [0.15, 0.2) is 0 Å². The molecule has 1 aromatic rings. The van der Waals surface area contributed by atoms with Crippen molar-refractivity contribution in [3.05, 3.63) is 29.8 Å². The minimum Gasteiger partial charge on any atom is -0.389 e. The summed E-state index contributed by atoms with van der Waals surface area (Å²) >= 11 is 0. The van der Waals surface area contributed by atoms with Gasteiger partial charge in [0.05, 0.1) is 5.60 Å². The van der Waals surface area contributed by atoms with Gasteiger partial charge in [-0.05, 0) is 44.4 Å². The number of benzene rings is 1. The summed E-state index contributed by atoms with van der Waals surface area (Å²) in [4.78, 5) is 25.8. The second kappa shape index (κ2) is 6.08. The summed E-state index contributed by atoms with van der Waals surface area (Å²) in [6.45, 7) is 5.60. The largest absolute Gasteiger partial charge is 0.389 e. The lowest BCUT2D eigenvalue weighted by molar-refractivity contribution is -0.117. The Labute approximate surface area is 131 Å². The third-order valence-corrected chi connectivity index (χ3v) is 3.79. The number of hydrogen-bond acceptors (Lipinski definition) is 3. The molecule has 2 N–H and O–H groups in total. The molecule has 2 amide bonds. The van der Waals surface area contributed by atoms with E-state index in [0.29, 0.717) is 17.2 Å². The smallest absolute Gasteiger partial charge is 0.253 e. The topological polar surface area (TPSA) is 69.6 Å². The summed E-state index contributed by atoms with van der Waals surface area (Å²) in [6, 6.07) is 6.90. The second-order valence-electron chi connectivity index (χ2n) is 6.86. The predicted molar refractivity (Wildman–Crippen MR) is 85.6 cm³/mol. The van der Waals surface area contributed by atoms with Crippen molar-refractivity contribution in [3.8, 4) is 0 Å². The molecule has 1 fully saturated rings. The summed E-state index contributed by atoms with van der Waals surface area (Å²) < 4.78 is 0. The zero-order valence-electron chi connectivity index (χ0n) is 13.6. The van der Waals surface area contributed by atoms with Crippen molar-refractivity contribution in [3.63, 3.8) is 0 Å². The number of rotatable bonds is 5. The average molecular weight is 304 g/mol. The molecule has 2 unspecified atom stereocenters. The zero-order chi connectivity index (χ0) is 16.5. The fraction of sp³-hybridized carbons (Fsp3) is 0.529. The van der Waals surface area contributed by atoms with Gasteiger partial charge in [-0.3, -0.25) is 9.59 Å². The molecular weight excluding hydrogens is 280 g/mol. The molecule has 22 heavy (non-hydrogen) atoms. The molecule has 0 radical (unpaired) electrons. The first-order valence-corrected chi connectivity index (χ1v) is 7.56. The van der Waals surface area contributed by atoms with E-state index in [2.05, 4.69) is 12.2 Å². The molecule has 0 spiro atoms. The predicted octanol–water partition coefficient (Wildman–Crippen LogP) is 2.12. The normalized spacial score (nSPS) is 20.4.